The van der Waals surface area contributed by atoms with E-state index in [-0.39, 0.29) is 22.7 Å². The van der Waals surface area contributed by atoms with Crippen LogP contribution in [0.4, 0.5) is 0 Å². The molecule has 0 amide bonds. The fourth-order valence-electron chi connectivity index (χ4n) is 4.62. The maximum Gasteiger partial charge on any atom is 0.190 e. The van der Waals surface area contributed by atoms with Crippen molar-refractivity contribution in [2.24, 2.45) is 0 Å². The van der Waals surface area contributed by atoms with Crippen LogP contribution >= 0.6 is 70.6 Å². The molecule has 5 heterocycles. The van der Waals surface area contributed by atoms with Crippen LogP contribution in [0, 0.1) is 45.3 Å². The minimum absolute atomic E-state index is 0.160. The van der Waals surface area contributed by atoms with Gasteiger partial charge >= 0.3 is 0 Å². The summed E-state index contributed by atoms with van der Waals surface area (Å²) in [5.74, 6) is -1.93. The van der Waals surface area contributed by atoms with Gasteiger partial charge in [-0.3, -0.25) is 0 Å². The minimum Gasteiger partial charge on any atom is -0.454 e. The van der Waals surface area contributed by atoms with E-state index < -0.39 is 11.8 Å². The van der Waals surface area contributed by atoms with Crippen molar-refractivity contribution in [3.63, 3.8) is 0 Å². The Kier molecular flexibility index (Phi) is 7.03. The highest BCUT2D eigenvalue weighted by Gasteiger charge is 2.30. The Morgan fingerprint density at radius 3 is 1.43 bits per heavy atom. The Hall–Kier alpha value is -3.34. The van der Waals surface area contributed by atoms with Gasteiger partial charge in [0.2, 0.25) is 0 Å². The van der Waals surface area contributed by atoms with Crippen molar-refractivity contribution in [3.05, 3.63) is 52.7 Å². The summed E-state index contributed by atoms with van der Waals surface area (Å²) in [5, 5.41) is 39.0. The van der Waals surface area contributed by atoms with Gasteiger partial charge in [0, 0.05) is 9.79 Å². The normalized spacial score (nSPS) is 14.9. The smallest absolute Gasteiger partial charge is 0.190 e. The van der Waals surface area contributed by atoms with Crippen LogP contribution in [-0.2, 0) is 0 Å². The van der Waals surface area contributed by atoms with Crippen LogP contribution in [-0.4, -0.2) is 22.5 Å². The second-order valence-corrected chi connectivity index (χ2v) is 15.7. The second-order valence-electron chi connectivity index (χ2n) is 8.84. The van der Waals surface area contributed by atoms with Crippen molar-refractivity contribution in [3.8, 4) is 24.3 Å². The van der Waals surface area contributed by atoms with Crippen LogP contribution in [0.15, 0.2) is 59.8 Å². The molecule has 0 N–H and O–H groups in total. The Labute approximate surface area is 263 Å². The third-order valence-corrected chi connectivity index (χ3v) is 14.8. The van der Waals surface area contributed by atoms with Gasteiger partial charge < -0.3 is 8.83 Å². The van der Waals surface area contributed by atoms with Crippen LogP contribution < -0.4 is 0 Å². The van der Waals surface area contributed by atoms with Crippen molar-refractivity contribution < 1.29 is 8.83 Å². The average Bonchev–Trinajstić information content (AvgIpc) is 3.80. The van der Waals surface area contributed by atoms with Crippen LogP contribution in [0.25, 0.3) is 44.0 Å². The summed E-state index contributed by atoms with van der Waals surface area (Å²) >= 11 is 10.6. The molecule has 2 aliphatic rings. The largest absolute Gasteiger partial charge is 0.454 e. The fourth-order valence-corrected chi connectivity index (χ4v) is 12.5. The van der Waals surface area contributed by atoms with Crippen LogP contribution in [0.1, 0.15) is 23.4 Å². The van der Waals surface area contributed by atoms with Crippen LogP contribution in [0.3, 0.4) is 0 Å². The second kappa shape index (κ2) is 10.7. The number of aromatic nitrogens is 2. The molecule has 42 heavy (non-hydrogen) atoms. The summed E-state index contributed by atoms with van der Waals surface area (Å²) in [6, 6.07) is 15.1. The summed E-state index contributed by atoms with van der Waals surface area (Å²) in [6.45, 7) is 0. The van der Waals surface area contributed by atoms with Crippen molar-refractivity contribution in [1.82, 2.24) is 9.97 Å². The van der Waals surface area contributed by atoms with Gasteiger partial charge in [-0.05, 0) is 36.8 Å². The van der Waals surface area contributed by atoms with Crippen LogP contribution in [0.5, 0.6) is 0 Å². The molecule has 2 aliphatic heterocycles. The first-order chi connectivity index (χ1) is 20.5. The number of furan rings is 2. The van der Waals surface area contributed by atoms with Gasteiger partial charge in [0.05, 0.1) is 63.0 Å². The number of hydrogen-bond donors (Lipinski definition) is 0. The molecule has 2 aromatic carbocycles. The van der Waals surface area contributed by atoms with E-state index in [1.165, 1.54) is 16.9 Å². The molecule has 14 heteroatoms. The molecule has 8 nitrogen and oxygen atoms in total. The summed E-state index contributed by atoms with van der Waals surface area (Å²) in [4.78, 5) is 12.2. The van der Waals surface area contributed by atoms with Gasteiger partial charge in [-0.15, -0.1) is 23.5 Å². The van der Waals surface area contributed by atoms with Gasteiger partial charge in [-0.2, -0.15) is 21.0 Å². The van der Waals surface area contributed by atoms with E-state index in [1.54, 1.807) is 59.2 Å². The zero-order chi connectivity index (χ0) is 29.1. The number of rotatable bonds is 4. The Bertz CT molecular complexity index is 2080. The van der Waals surface area contributed by atoms with E-state index in [0.29, 0.717) is 32.8 Å². The molecule has 3 aromatic heterocycles. The molecule has 5 aromatic rings. The molecule has 0 bridgehead atoms. The van der Waals surface area contributed by atoms with E-state index in [1.807, 2.05) is 59.9 Å². The first kappa shape index (κ1) is 27.5. The Morgan fingerprint density at radius 2 is 1.05 bits per heavy atom. The SMILES string of the molecule is CSC1=C(SC)SC(=C2Sc3cc4nc5c6cc(C(C#N)C#N)oc6c6oc(C(C#N)C#N)cc6c5nc4cc3S2)S1. The molecule has 202 valence electrons. The van der Waals surface area contributed by atoms with Crippen molar-refractivity contribution in [2.45, 2.75) is 21.6 Å². The lowest BCUT2D eigenvalue weighted by Gasteiger charge is -2.05. The zero-order valence-electron chi connectivity index (χ0n) is 21.4. The molecule has 0 atom stereocenters. The van der Waals surface area contributed by atoms with E-state index in [4.69, 9.17) is 18.8 Å². The van der Waals surface area contributed by atoms with E-state index in [2.05, 4.69) is 12.5 Å². The molecular weight excluding hydrogens is 645 g/mol. The molecule has 0 unspecified atom stereocenters. The molecule has 0 radical (unpaired) electrons. The zero-order valence-corrected chi connectivity index (χ0v) is 26.3. The Balaban J connectivity index is 1.44. The number of nitrogens with zero attached hydrogens (tertiary/aromatic N) is 6. The minimum atomic E-state index is -1.13. The standard InChI is InChI=1S/C28H12N6O2S6/c1-37-25-26(38-2)42-28(41-25)27-39-19-5-15-16(6-20(19)40-27)34-22-14-4-18(12(9-31)10-32)36-24(14)23-13(21(22)33-15)3-17(35-23)11(7-29)8-30/h3-6,11-12H,1-2H3. The van der Waals surface area contributed by atoms with Crippen molar-refractivity contribution in [1.29, 1.82) is 21.0 Å². The summed E-state index contributed by atoms with van der Waals surface area (Å²) in [6.07, 6.45) is 4.21. The molecular formula is C28H12N6O2S6. The topological polar surface area (TPSA) is 147 Å². The average molecular weight is 657 g/mol. The lowest BCUT2D eigenvalue weighted by atomic mass is 10.1. The monoisotopic (exact) mass is 656 g/mol. The third kappa shape index (κ3) is 4.26. The predicted octanol–water partition coefficient (Wildman–Crippen LogP) is 9.19. The van der Waals surface area contributed by atoms with Crippen LogP contribution in [0.2, 0.25) is 0 Å². The van der Waals surface area contributed by atoms with Gasteiger partial charge in [0.25, 0.3) is 0 Å². The summed E-state index contributed by atoms with van der Waals surface area (Å²) in [5.41, 5.74) is 2.98. The van der Waals surface area contributed by atoms with Crippen molar-refractivity contribution >= 4 is 115 Å². The summed E-state index contributed by atoms with van der Waals surface area (Å²) in [7, 11) is 0. The quantitative estimate of drug-likeness (QED) is 0.169. The fraction of sp³-hybridized carbons (Fsp3) is 0.143. The van der Waals surface area contributed by atoms with Gasteiger partial charge in [0.15, 0.2) is 23.0 Å². The summed E-state index contributed by atoms with van der Waals surface area (Å²) < 4.78 is 17.1. The molecule has 7 rings (SSSR count). The lowest BCUT2D eigenvalue weighted by molar-refractivity contribution is 0.526. The highest BCUT2D eigenvalue weighted by Crippen LogP contribution is 2.63. The maximum absolute atomic E-state index is 9.49. The highest BCUT2D eigenvalue weighted by atomic mass is 32.3. The van der Waals surface area contributed by atoms with E-state index in [0.717, 1.165) is 9.79 Å². The Morgan fingerprint density at radius 1 is 0.643 bits per heavy atom. The number of fused-ring (bicyclic) bond motifs is 8. The first-order valence-corrected chi connectivity index (χ1v) is 17.7. The highest BCUT2D eigenvalue weighted by molar-refractivity contribution is 8.41. The van der Waals surface area contributed by atoms with Gasteiger partial charge in [0.1, 0.15) is 22.6 Å². The van der Waals surface area contributed by atoms with E-state index in [9.17, 15) is 21.0 Å². The number of thioether (sulfide) groups is 6. The number of benzene rings is 2. The van der Waals surface area contributed by atoms with Gasteiger partial charge in [-0.25, -0.2) is 9.97 Å². The molecule has 0 saturated heterocycles. The molecule has 0 aliphatic carbocycles. The maximum atomic E-state index is 9.49. The first-order valence-electron chi connectivity index (χ1n) is 12.0. The molecule has 0 fully saturated rings. The number of nitriles is 4. The van der Waals surface area contributed by atoms with E-state index >= 15 is 0 Å². The van der Waals surface area contributed by atoms with Crippen molar-refractivity contribution in [2.75, 3.05) is 12.5 Å². The molecule has 0 saturated carbocycles. The predicted molar refractivity (Wildman–Crippen MR) is 172 cm³/mol. The van der Waals surface area contributed by atoms with Gasteiger partial charge in [-0.1, -0.05) is 47.0 Å². The number of hydrogen-bond acceptors (Lipinski definition) is 14. The lowest BCUT2D eigenvalue weighted by Crippen LogP contribution is -1.90. The molecule has 0 spiro atoms. The third-order valence-electron chi connectivity index (χ3n) is 6.51.